The maximum Gasteiger partial charge on any atom is 0.0946 e. The van der Waals surface area contributed by atoms with E-state index in [-0.39, 0.29) is 0 Å². The van der Waals surface area contributed by atoms with Gasteiger partial charge in [-0.2, -0.15) is 5.10 Å². The van der Waals surface area contributed by atoms with E-state index in [0.29, 0.717) is 6.04 Å². The Labute approximate surface area is 108 Å². The molecule has 2 heterocycles. The summed E-state index contributed by atoms with van der Waals surface area (Å²) in [6.45, 7) is 6.08. The minimum absolute atomic E-state index is 0.402. The molecule has 0 aromatic carbocycles. The van der Waals surface area contributed by atoms with Crippen molar-refractivity contribution in [3.05, 3.63) is 36.2 Å². The minimum atomic E-state index is 0.402. The van der Waals surface area contributed by atoms with Crippen LogP contribution in [0.15, 0.2) is 24.8 Å². The highest BCUT2D eigenvalue weighted by Gasteiger charge is 2.06. The van der Waals surface area contributed by atoms with Gasteiger partial charge in [-0.1, -0.05) is 6.92 Å². The van der Waals surface area contributed by atoms with Gasteiger partial charge in [0.2, 0.25) is 0 Å². The van der Waals surface area contributed by atoms with Gasteiger partial charge in [-0.15, -0.1) is 0 Å². The molecule has 0 fully saturated rings. The van der Waals surface area contributed by atoms with Crippen LogP contribution in [0.25, 0.3) is 0 Å². The van der Waals surface area contributed by atoms with Crippen LogP contribution in [-0.2, 0) is 26.6 Å². The molecule has 2 aromatic heterocycles. The quantitative estimate of drug-likeness (QED) is 0.838. The van der Waals surface area contributed by atoms with Crippen molar-refractivity contribution in [3.8, 4) is 0 Å². The lowest BCUT2D eigenvalue weighted by molar-refractivity contribution is 0.466. The fraction of sp³-hybridized carbons (Fsp3) is 0.538. The Morgan fingerprint density at radius 2 is 2.28 bits per heavy atom. The Hall–Kier alpha value is -1.62. The van der Waals surface area contributed by atoms with Gasteiger partial charge >= 0.3 is 0 Å². The summed E-state index contributed by atoms with van der Waals surface area (Å²) in [6, 6.07) is 2.57. The zero-order chi connectivity index (χ0) is 13.0. The number of rotatable bonds is 6. The number of hydrogen-bond acceptors (Lipinski definition) is 3. The van der Waals surface area contributed by atoms with Crippen molar-refractivity contribution in [1.29, 1.82) is 0 Å². The van der Waals surface area contributed by atoms with E-state index >= 15 is 0 Å². The molecule has 5 nitrogen and oxygen atoms in total. The monoisotopic (exact) mass is 247 g/mol. The van der Waals surface area contributed by atoms with Crippen LogP contribution >= 0.6 is 0 Å². The van der Waals surface area contributed by atoms with E-state index in [4.69, 9.17) is 0 Å². The van der Waals surface area contributed by atoms with Gasteiger partial charge in [-0.05, 0) is 19.4 Å². The van der Waals surface area contributed by atoms with E-state index in [1.54, 1.807) is 6.20 Å². The molecule has 0 bridgehead atoms. The fourth-order valence-electron chi connectivity index (χ4n) is 1.96. The molecule has 0 amide bonds. The molecule has 5 heteroatoms. The van der Waals surface area contributed by atoms with Gasteiger partial charge in [0.25, 0.3) is 0 Å². The summed E-state index contributed by atoms with van der Waals surface area (Å²) >= 11 is 0. The molecule has 0 aliphatic carbocycles. The first-order valence-corrected chi connectivity index (χ1v) is 6.40. The Kier molecular flexibility index (Phi) is 4.15. The van der Waals surface area contributed by atoms with E-state index in [2.05, 4.69) is 39.9 Å². The van der Waals surface area contributed by atoms with E-state index < -0.39 is 0 Å². The highest BCUT2D eigenvalue weighted by atomic mass is 15.3. The average Bonchev–Trinajstić information content (AvgIpc) is 2.96. The third-order valence-electron chi connectivity index (χ3n) is 3.07. The molecule has 0 saturated heterocycles. The first kappa shape index (κ1) is 12.8. The van der Waals surface area contributed by atoms with Crippen LogP contribution in [0.5, 0.6) is 0 Å². The molecule has 0 spiro atoms. The number of imidazole rings is 1. The smallest absolute Gasteiger partial charge is 0.0946 e. The standard InChI is InChI=1S/C13H21N5/c1-4-12-7-13(17(3)16-12)8-15-11(2)9-18-6-5-14-10-18/h5-7,10-11,15H,4,8-9H2,1-3H3. The molecule has 18 heavy (non-hydrogen) atoms. The summed E-state index contributed by atoms with van der Waals surface area (Å²) in [5.41, 5.74) is 2.38. The maximum atomic E-state index is 4.44. The van der Waals surface area contributed by atoms with Crippen LogP contribution in [0.3, 0.4) is 0 Å². The second-order valence-electron chi connectivity index (χ2n) is 4.65. The van der Waals surface area contributed by atoms with Gasteiger partial charge in [-0.3, -0.25) is 4.68 Å². The van der Waals surface area contributed by atoms with E-state index in [1.807, 2.05) is 24.3 Å². The number of hydrogen-bond donors (Lipinski definition) is 1. The summed E-state index contributed by atoms with van der Waals surface area (Å²) < 4.78 is 4.04. The lowest BCUT2D eigenvalue weighted by Gasteiger charge is -2.14. The van der Waals surface area contributed by atoms with Crippen LogP contribution < -0.4 is 5.32 Å². The van der Waals surface area contributed by atoms with Gasteiger partial charge in [0.15, 0.2) is 0 Å². The summed E-state index contributed by atoms with van der Waals surface area (Å²) in [6.07, 6.45) is 6.62. The third kappa shape index (κ3) is 3.20. The molecular weight excluding hydrogens is 226 g/mol. The van der Waals surface area contributed by atoms with Crippen molar-refractivity contribution >= 4 is 0 Å². The molecule has 1 atom stereocenters. The third-order valence-corrected chi connectivity index (χ3v) is 3.07. The molecule has 1 N–H and O–H groups in total. The Morgan fingerprint density at radius 3 is 2.89 bits per heavy atom. The van der Waals surface area contributed by atoms with Crippen LogP contribution in [0.2, 0.25) is 0 Å². The summed E-state index contributed by atoms with van der Waals surface area (Å²) in [7, 11) is 2.00. The summed E-state index contributed by atoms with van der Waals surface area (Å²) in [4.78, 5) is 4.04. The van der Waals surface area contributed by atoms with Crippen LogP contribution in [0, 0.1) is 0 Å². The second kappa shape index (κ2) is 5.82. The number of nitrogens with zero attached hydrogens (tertiary/aromatic N) is 4. The van der Waals surface area contributed by atoms with E-state index in [0.717, 1.165) is 25.2 Å². The molecule has 98 valence electrons. The zero-order valence-corrected chi connectivity index (χ0v) is 11.3. The lowest BCUT2D eigenvalue weighted by Crippen LogP contribution is -2.30. The Bertz CT molecular complexity index is 472. The molecule has 0 radical (unpaired) electrons. The normalized spacial score (nSPS) is 12.8. The van der Waals surface area contributed by atoms with Crippen molar-refractivity contribution in [3.63, 3.8) is 0 Å². The second-order valence-corrected chi connectivity index (χ2v) is 4.65. The first-order valence-electron chi connectivity index (χ1n) is 6.40. The topological polar surface area (TPSA) is 47.7 Å². The van der Waals surface area contributed by atoms with Gasteiger partial charge < -0.3 is 9.88 Å². The van der Waals surface area contributed by atoms with Gasteiger partial charge in [0, 0.05) is 38.6 Å². The Morgan fingerprint density at radius 1 is 1.44 bits per heavy atom. The Balaban J connectivity index is 1.85. The van der Waals surface area contributed by atoms with Gasteiger partial charge in [0.05, 0.1) is 17.7 Å². The molecule has 1 unspecified atom stereocenters. The highest BCUT2D eigenvalue weighted by Crippen LogP contribution is 2.04. The number of nitrogens with one attached hydrogen (secondary N) is 1. The molecule has 2 rings (SSSR count). The van der Waals surface area contributed by atoms with Crippen molar-refractivity contribution in [1.82, 2.24) is 24.6 Å². The maximum absolute atomic E-state index is 4.44. The first-order chi connectivity index (χ1) is 8.69. The van der Waals surface area contributed by atoms with E-state index in [9.17, 15) is 0 Å². The zero-order valence-electron chi connectivity index (χ0n) is 11.3. The predicted molar refractivity (Wildman–Crippen MR) is 71.1 cm³/mol. The van der Waals surface area contributed by atoms with Crippen molar-refractivity contribution in [2.75, 3.05) is 0 Å². The van der Waals surface area contributed by atoms with Crippen molar-refractivity contribution in [2.45, 2.75) is 39.4 Å². The highest BCUT2D eigenvalue weighted by molar-refractivity contribution is 5.09. The van der Waals surface area contributed by atoms with Gasteiger partial charge in [0.1, 0.15) is 0 Å². The van der Waals surface area contributed by atoms with Crippen molar-refractivity contribution < 1.29 is 0 Å². The lowest BCUT2D eigenvalue weighted by atomic mass is 10.3. The molecule has 0 aliphatic rings. The molecule has 0 aliphatic heterocycles. The molecule has 2 aromatic rings. The fourth-order valence-corrected chi connectivity index (χ4v) is 1.96. The summed E-state index contributed by atoms with van der Waals surface area (Å²) in [5, 5.41) is 7.95. The molecular formula is C13H21N5. The SMILES string of the molecule is CCc1cc(CNC(C)Cn2ccnc2)n(C)n1. The van der Waals surface area contributed by atoms with Gasteiger partial charge in [-0.25, -0.2) is 4.98 Å². The number of aryl methyl sites for hydroxylation is 2. The summed E-state index contributed by atoms with van der Waals surface area (Å²) in [5.74, 6) is 0. The van der Waals surface area contributed by atoms with Crippen LogP contribution in [0.1, 0.15) is 25.2 Å². The van der Waals surface area contributed by atoms with Crippen LogP contribution in [0.4, 0.5) is 0 Å². The minimum Gasteiger partial charge on any atom is -0.336 e. The molecule has 0 saturated carbocycles. The van der Waals surface area contributed by atoms with E-state index in [1.165, 1.54) is 5.69 Å². The van der Waals surface area contributed by atoms with Crippen molar-refractivity contribution in [2.24, 2.45) is 7.05 Å². The predicted octanol–water partition coefficient (Wildman–Crippen LogP) is 1.36. The largest absolute Gasteiger partial charge is 0.336 e. The average molecular weight is 247 g/mol. The van der Waals surface area contributed by atoms with Crippen LogP contribution in [-0.4, -0.2) is 25.4 Å². The number of aromatic nitrogens is 4.